The molecule has 0 spiro atoms. The molecule has 0 saturated carbocycles. The van der Waals surface area contributed by atoms with Crippen LogP contribution < -0.4 is 5.32 Å². The molecule has 1 heterocycles. The first-order valence-corrected chi connectivity index (χ1v) is 15.5. The fraction of sp³-hybridized carbons (Fsp3) is 0.571. The number of benzene rings is 1. The van der Waals surface area contributed by atoms with Gasteiger partial charge in [0.05, 0.1) is 6.04 Å². The van der Waals surface area contributed by atoms with E-state index in [4.69, 9.17) is 28.4 Å². The normalized spacial score (nSPS) is 22.7. The van der Waals surface area contributed by atoms with Crippen LogP contribution in [0.5, 0.6) is 0 Å². The van der Waals surface area contributed by atoms with Crippen LogP contribution in [-0.4, -0.2) is 96.4 Å². The largest absolute Gasteiger partial charge is 0.462 e. The molecule has 1 fully saturated rings. The number of esters is 5. The summed E-state index contributed by atoms with van der Waals surface area (Å²) in [7, 11) is 0. The van der Waals surface area contributed by atoms with Gasteiger partial charge in [-0.1, -0.05) is 18.2 Å². The van der Waals surface area contributed by atoms with Gasteiger partial charge in [-0.2, -0.15) is 0 Å². The van der Waals surface area contributed by atoms with Gasteiger partial charge in [-0.25, -0.2) is 4.79 Å². The second-order valence-electron chi connectivity index (χ2n) is 9.44. The van der Waals surface area contributed by atoms with E-state index in [9.17, 15) is 28.8 Å². The minimum atomic E-state index is -1.81. The first kappa shape index (κ1) is 35.9. The predicted octanol–water partition coefficient (Wildman–Crippen LogP) is 2.03. The zero-order chi connectivity index (χ0) is 32.2. The Balaban J connectivity index is 2.50. The van der Waals surface area contributed by atoms with Crippen LogP contribution in [0.15, 0.2) is 35.2 Å². The topological polar surface area (TPSA) is 170 Å². The fourth-order valence-corrected chi connectivity index (χ4v) is 5.89. The lowest BCUT2D eigenvalue weighted by atomic mass is 9.89. The van der Waals surface area contributed by atoms with Crippen LogP contribution in [0.25, 0.3) is 0 Å². The molecule has 0 unspecified atom stereocenters. The van der Waals surface area contributed by atoms with Crippen LogP contribution in [-0.2, 0) is 57.2 Å². The highest BCUT2D eigenvalue weighted by atomic mass is 32.2. The lowest BCUT2D eigenvalue weighted by Gasteiger charge is -2.48. The Bertz CT molecular complexity index is 1150. The van der Waals surface area contributed by atoms with Crippen LogP contribution in [0.3, 0.4) is 0 Å². The summed E-state index contributed by atoms with van der Waals surface area (Å²) in [4.78, 5) is 73.1. The van der Waals surface area contributed by atoms with Crippen molar-refractivity contribution in [1.82, 2.24) is 5.32 Å². The van der Waals surface area contributed by atoms with E-state index in [-0.39, 0.29) is 13.0 Å². The van der Waals surface area contributed by atoms with E-state index < -0.39 is 77.8 Å². The maximum Gasteiger partial charge on any atom is 0.349 e. The highest BCUT2D eigenvalue weighted by molar-refractivity contribution is 8.00. The summed E-state index contributed by atoms with van der Waals surface area (Å²) >= 11 is 2.42. The Morgan fingerprint density at radius 1 is 0.930 bits per heavy atom. The number of carbonyl (C=O) groups is 6. The Labute approximate surface area is 258 Å². The molecular weight excluding hydrogens is 606 g/mol. The van der Waals surface area contributed by atoms with Crippen molar-refractivity contribution in [2.24, 2.45) is 0 Å². The van der Waals surface area contributed by atoms with E-state index in [1.54, 1.807) is 6.26 Å². The minimum Gasteiger partial charge on any atom is -0.462 e. The maximum absolute atomic E-state index is 13.6. The van der Waals surface area contributed by atoms with E-state index in [0.29, 0.717) is 5.75 Å². The number of hydrogen-bond donors (Lipinski definition) is 1. The number of thioether (sulfide) groups is 2. The second kappa shape index (κ2) is 17.1. The summed E-state index contributed by atoms with van der Waals surface area (Å²) in [6, 6.07) is 8.30. The predicted molar refractivity (Wildman–Crippen MR) is 155 cm³/mol. The zero-order valence-electron chi connectivity index (χ0n) is 24.8. The number of rotatable bonds is 14. The van der Waals surface area contributed by atoms with Crippen LogP contribution in [0, 0.1) is 0 Å². The van der Waals surface area contributed by atoms with Gasteiger partial charge >= 0.3 is 29.8 Å². The molecule has 2 rings (SSSR count). The van der Waals surface area contributed by atoms with E-state index in [1.165, 1.54) is 18.7 Å². The summed E-state index contributed by atoms with van der Waals surface area (Å²) < 4.78 is 33.4. The Hall–Kier alpha value is -3.30. The molecule has 1 aromatic rings. The average Bonchev–Trinajstić information content (AvgIpc) is 2.92. The highest BCUT2D eigenvalue weighted by Gasteiger charge is 2.58. The zero-order valence-corrected chi connectivity index (χ0v) is 26.5. The molecular formula is C28H37NO12S2. The van der Waals surface area contributed by atoms with Gasteiger partial charge in [-0.05, 0) is 18.4 Å². The Morgan fingerprint density at radius 3 is 2.12 bits per heavy atom. The molecule has 1 aliphatic heterocycles. The number of nitrogens with one attached hydrogen (secondary N) is 1. The van der Waals surface area contributed by atoms with Crippen LogP contribution in [0.4, 0.5) is 0 Å². The minimum absolute atomic E-state index is 0.0119. The third-order valence-corrected chi connectivity index (χ3v) is 8.03. The third-order valence-electron chi connectivity index (χ3n) is 5.97. The standard InChI is InChI=1S/C28H37NO12S2/c1-16(30)29-24-22(38-18(3)32)14-28(42-6,27(35)36-12-13-43-21-10-8-7-9-11-21)41-26(24)25(40-20(5)34)23(39-19(4)33)15-37-17(2)31/h7-11,22-26H,12-15H2,1-6H3,(H,29,30)/t22-,23+,24+,25+,26+,28+/m0/s1. The number of carbonyl (C=O) groups excluding carboxylic acids is 6. The van der Waals surface area contributed by atoms with Crippen molar-refractivity contribution in [1.29, 1.82) is 0 Å². The van der Waals surface area contributed by atoms with Crippen molar-refractivity contribution in [3.8, 4) is 0 Å². The summed E-state index contributed by atoms with van der Waals surface area (Å²) in [6.07, 6.45) is -4.27. The fourth-order valence-electron chi connectivity index (χ4n) is 4.38. The summed E-state index contributed by atoms with van der Waals surface area (Å²) in [6.45, 7) is 5.14. The highest BCUT2D eigenvalue weighted by Crippen LogP contribution is 2.42. The third kappa shape index (κ3) is 11.4. The molecule has 1 saturated heterocycles. The molecule has 1 N–H and O–H groups in total. The maximum atomic E-state index is 13.6. The molecule has 1 amide bonds. The molecule has 0 aromatic heterocycles. The van der Waals surface area contributed by atoms with Gasteiger partial charge in [0.15, 0.2) is 12.2 Å². The first-order valence-electron chi connectivity index (χ1n) is 13.3. The summed E-state index contributed by atoms with van der Waals surface area (Å²) in [5.41, 5.74) is 0. The van der Waals surface area contributed by atoms with Crippen molar-refractivity contribution in [3.05, 3.63) is 30.3 Å². The van der Waals surface area contributed by atoms with Crippen LogP contribution in [0.1, 0.15) is 41.0 Å². The van der Waals surface area contributed by atoms with Gasteiger partial charge in [-0.15, -0.1) is 23.5 Å². The quantitative estimate of drug-likeness (QED) is 0.135. The smallest absolute Gasteiger partial charge is 0.349 e. The van der Waals surface area contributed by atoms with E-state index in [1.807, 2.05) is 30.3 Å². The molecule has 1 aromatic carbocycles. The first-order chi connectivity index (χ1) is 20.3. The van der Waals surface area contributed by atoms with Crippen molar-refractivity contribution < 1.29 is 57.2 Å². The van der Waals surface area contributed by atoms with E-state index >= 15 is 0 Å². The van der Waals surface area contributed by atoms with E-state index in [2.05, 4.69) is 5.32 Å². The average molecular weight is 644 g/mol. The second-order valence-corrected chi connectivity index (χ2v) is 11.7. The van der Waals surface area contributed by atoms with Crippen molar-refractivity contribution in [3.63, 3.8) is 0 Å². The van der Waals surface area contributed by atoms with Crippen LogP contribution in [0.2, 0.25) is 0 Å². The molecule has 6 atom stereocenters. The SMILES string of the molecule is CS[C@@]1(C(=O)OCCSc2ccccc2)C[C@H](OC(C)=O)[C@@H](NC(C)=O)[C@H]([C@H](OC(C)=O)[C@@H](COC(C)=O)OC(C)=O)O1. The summed E-state index contributed by atoms with van der Waals surface area (Å²) in [5, 5.41) is 2.64. The Kier molecular flexibility index (Phi) is 14.3. The molecule has 0 aliphatic carbocycles. The van der Waals surface area contributed by atoms with Crippen molar-refractivity contribution >= 4 is 59.3 Å². The van der Waals surface area contributed by atoms with Crippen LogP contribution >= 0.6 is 23.5 Å². The molecule has 43 heavy (non-hydrogen) atoms. The number of amides is 1. The summed E-state index contributed by atoms with van der Waals surface area (Å²) in [5.74, 6) is -4.00. The van der Waals surface area contributed by atoms with E-state index in [0.717, 1.165) is 44.4 Å². The van der Waals surface area contributed by atoms with Gasteiger partial charge in [0.25, 0.3) is 0 Å². The van der Waals surface area contributed by atoms with Crippen molar-refractivity contribution in [2.75, 3.05) is 25.2 Å². The molecule has 238 valence electrons. The molecule has 15 heteroatoms. The molecule has 0 radical (unpaired) electrons. The molecule has 13 nitrogen and oxygen atoms in total. The number of hydrogen-bond acceptors (Lipinski definition) is 14. The van der Waals surface area contributed by atoms with Gasteiger partial charge in [0.1, 0.15) is 25.4 Å². The van der Waals surface area contributed by atoms with Gasteiger partial charge in [0.2, 0.25) is 10.8 Å². The Morgan fingerprint density at radius 2 is 1.58 bits per heavy atom. The van der Waals surface area contributed by atoms with Gasteiger partial charge in [-0.3, -0.25) is 24.0 Å². The number of ether oxygens (including phenoxy) is 6. The lowest BCUT2D eigenvalue weighted by molar-refractivity contribution is -0.224. The lowest BCUT2D eigenvalue weighted by Crippen LogP contribution is -2.68. The molecule has 0 bridgehead atoms. The van der Waals surface area contributed by atoms with Gasteiger partial charge < -0.3 is 33.7 Å². The molecule has 1 aliphatic rings. The van der Waals surface area contributed by atoms with Crippen molar-refractivity contribution in [2.45, 2.75) is 81.3 Å². The monoisotopic (exact) mass is 643 g/mol. The van der Waals surface area contributed by atoms with Gasteiger partial charge in [0, 0.05) is 51.7 Å².